The molecule has 3 heteroatoms. The highest BCUT2D eigenvalue weighted by Gasteiger charge is 2.33. The highest BCUT2D eigenvalue weighted by atomic mass is 15.0. The Balaban J connectivity index is 1.78. The first-order valence-corrected chi connectivity index (χ1v) is 8.75. The fourth-order valence-corrected chi connectivity index (χ4v) is 3.29. The summed E-state index contributed by atoms with van der Waals surface area (Å²) >= 11 is 0. The number of hydrogen-bond acceptors (Lipinski definition) is 2. The number of H-pyrrole nitrogens is 1. The van der Waals surface area contributed by atoms with Gasteiger partial charge in [0.05, 0.1) is 11.9 Å². The summed E-state index contributed by atoms with van der Waals surface area (Å²) in [5.41, 5.74) is 10.5. The minimum absolute atomic E-state index is 0.666. The molecule has 0 aliphatic carbocycles. The van der Waals surface area contributed by atoms with Gasteiger partial charge >= 0.3 is 0 Å². The molecule has 0 aliphatic rings. The predicted molar refractivity (Wildman–Crippen MR) is 106 cm³/mol. The molecule has 1 unspecified atom stereocenters. The number of benzene rings is 3. The number of hydrogen-bond donors (Lipinski definition) is 2. The van der Waals surface area contributed by atoms with E-state index >= 15 is 0 Å². The second-order valence-electron chi connectivity index (χ2n) is 6.51. The number of nitrogens with zero attached hydrogens (tertiary/aromatic N) is 1. The van der Waals surface area contributed by atoms with Crippen molar-refractivity contribution in [2.45, 2.75) is 12.0 Å². The molecule has 0 radical (unpaired) electrons. The van der Waals surface area contributed by atoms with Crippen molar-refractivity contribution in [3.8, 4) is 11.3 Å². The van der Waals surface area contributed by atoms with Gasteiger partial charge in [0.1, 0.15) is 11.4 Å². The van der Waals surface area contributed by atoms with Crippen molar-refractivity contribution in [2.24, 2.45) is 5.73 Å². The van der Waals surface area contributed by atoms with Crippen LogP contribution < -0.4 is 5.73 Å². The van der Waals surface area contributed by atoms with Gasteiger partial charge in [0, 0.05) is 6.42 Å². The summed E-state index contributed by atoms with van der Waals surface area (Å²) in [5.74, 6) is 0.770. The van der Waals surface area contributed by atoms with E-state index in [-0.39, 0.29) is 0 Å². The van der Waals surface area contributed by atoms with Gasteiger partial charge in [-0.25, -0.2) is 4.98 Å². The van der Waals surface area contributed by atoms with Gasteiger partial charge in [-0.1, -0.05) is 91.0 Å². The van der Waals surface area contributed by atoms with Crippen LogP contribution in [-0.2, 0) is 12.0 Å². The molecule has 128 valence electrons. The normalized spacial score (nSPS) is 13.3. The summed E-state index contributed by atoms with van der Waals surface area (Å²) in [5, 5.41) is 0. The molecule has 4 rings (SSSR count). The summed E-state index contributed by atoms with van der Waals surface area (Å²) in [4.78, 5) is 8.11. The van der Waals surface area contributed by atoms with E-state index in [2.05, 4.69) is 46.4 Å². The molecule has 0 fully saturated rings. The van der Waals surface area contributed by atoms with Crippen molar-refractivity contribution in [3.05, 3.63) is 114 Å². The number of rotatable bonds is 5. The second kappa shape index (κ2) is 6.98. The van der Waals surface area contributed by atoms with Crippen LogP contribution in [0, 0.1) is 0 Å². The molecule has 3 aromatic carbocycles. The Morgan fingerprint density at radius 1 is 0.769 bits per heavy atom. The lowest BCUT2D eigenvalue weighted by atomic mass is 9.84. The van der Waals surface area contributed by atoms with Crippen LogP contribution in [0.5, 0.6) is 0 Å². The lowest BCUT2D eigenvalue weighted by molar-refractivity contribution is 0.505. The van der Waals surface area contributed by atoms with Crippen LogP contribution >= 0.6 is 0 Å². The van der Waals surface area contributed by atoms with Crippen molar-refractivity contribution >= 4 is 0 Å². The standard InChI is InChI=1S/C23H21N3/c24-23(20-14-8-3-9-15-20,16-18-10-4-1-5-11-18)22-25-17-21(26-22)19-12-6-2-7-13-19/h1-15,17H,16,24H2,(H,25,26). The SMILES string of the molecule is NC(Cc1ccccc1)(c1ccccc1)c1ncc(-c2ccccc2)[nH]1. The number of aromatic amines is 1. The smallest absolute Gasteiger partial charge is 0.131 e. The quantitative estimate of drug-likeness (QED) is 0.561. The molecule has 0 bridgehead atoms. The van der Waals surface area contributed by atoms with E-state index in [0.29, 0.717) is 6.42 Å². The van der Waals surface area contributed by atoms with Crippen LogP contribution in [0.15, 0.2) is 97.2 Å². The highest BCUT2D eigenvalue weighted by Crippen LogP contribution is 2.30. The van der Waals surface area contributed by atoms with E-state index in [1.54, 1.807) is 0 Å². The largest absolute Gasteiger partial charge is 0.340 e. The zero-order valence-electron chi connectivity index (χ0n) is 14.5. The van der Waals surface area contributed by atoms with E-state index in [1.165, 1.54) is 5.56 Å². The van der Waals surface area contributed by atoms with E-state index < -0.39 is 5.54 Å². The van der Waals surface area contributed by atoms with Gasteiger partial charge in [-0.05, 0) is 16.7 Å². The zero-order valence-corrected chi connectivity index (χ0v) is 14.5. The van der Waals surface area contributed by atoms with Crippen LogP contribution in [0.25, 0.3) is 11.3 Å². The van der Waals surface area contributed by atoms with Crippen molar-refractivity contribution in [1.29, 1.82) is 0 Å². The van der Waals surface area contributed by atoms with Crippen LogP contribution in [0.4, 0.5) is 0 Å². The van der Waals surface area contributed by atoms with Crippen LogP contribution in [0.2, 0.25) is 0 Å². The third-order valence-electron chi connectivity index (χ3n) is 4.70. The Labute approximate surface area is 153 Å². The number of imidazole rings is 1. The zero-order chi connectivity index (χ0) is 17.8. The Kier molecular flexibility index (Phi) is 4.38. The summed E-state index contributed by atoms with van der Waals surface area (Å²) in [6, 6.07) is 30.6. The van der Waals surface area contributed by atoms with Crippen molar-refractivity contribution in [2.75, 3.05) is 0 Å². The fraction of sp³-hybridized carbons (Fsp3) is 0.0870. The lowest BCUT2D eigenvalue weighted by Crippen LogP contribution is -2.41. The molecule has 1 aromatic heterocycles. The Hall–Kier alpha value is -3.17. The van der Waals surface area contributed by atoms with Crippen LogP contribution in [0.1, 0.15) is 17.0 Å². The molecule has 26 heavy (non-hydrogen) atoms. The van der Waals surface area contributed by atoms with Crippen molar-refractivity contribution < 1.29 is 0 Å². The summed E-state index contributed by atoms with van der Waals surface area (Å²) in [7, 11) is 0. The van der Waals surface area contributed by atoms with Gasteiger partial charge in [-0.15, -0.1) is 0 Å². The Morgan fingerprint density at radius 2 is 1.35 bits per heavy atom. The predicted octanol–water partition coefficient (Wildman–Crippen LogP) is 4.52. The molecule has 0 saturated heterocycles. The van der Waals surface area contributed by atoms with Gasteiger partial charge in [0.2, 0.25) is 0 Å². The molecule has 0 spiro atoms. The maximum absolute atomic E-state index is 6.97. The maximum atomic E-state index is 6.97. The molecule has 0 saturated carbocycles. The van der Waals surface area contributed by atoms with Gasteiger partial charge in [-0.3, -0.25) is 0 Å². The molecule has 1 atom stereocenters. The second-order valence-corrected chi connectivity index (χ2v) is 6.51. The summed E-state index contributed by atoms with van der Waals surface area (Å²) in [6.45, 7) is 0. The number of nitrogens with two attached hydrogens (primary N) is 1. The molecule has 3 N–H and O–H groups in total. The third kappa shape index (κ3) is 3.17. The first-order chi connectivity index (χ1) is 12.8. The van der Waals surface area contributed by atoms with E-state index in [9.17, 15) is 0 Å². The van der Waals surface area contributed by atoms with Crippen LogP contribution in [0.3, 0.4) is 0 Å². The first-order valence-electron chi connectivity index (χ1n) is 8.75. The Bertz CT molecular complexity index is 962. The molecule has 0 aliphatic heterocycles. The third-order valence-corrected chi connectivity index (χ3v) is 4.70. The highest BCUT2D eigenvalue weighted by molar-refractivity contribution is 5.58. The average molecular weight is 339 g/mol. The van der Waals surface area contributed by atoms with E-state index in [4.69, 9.17) is 5.73 Å². The molecule has 0 amide bonds. The lowest BCUT2D eigenvalue weighted by Gasteiger charge is -2.28. The molecule has 3 nitrogen and oxygen atoms in total. The van der Waals surface area contributed by atoms with Gasteiger partial charge in [0.15, 0.2) is 0 Å². The minimum Gasteiger partial charge on any atom is -0.340 e. The average Bonchev–Trinajstić information content (AvgIpc) is 3.21. The van der Waals surface area contributed by atoms with E-state index in [0.717, 1.165) is 22.6 Å². The Morgan fingerprint density at radius 3 is 2.00 bits per heavy atom. The van der Waals surface area contributed by atoms with Crippen LogP contribution in [-0.4, -0.2) is 9.97 Å². The number of nitrogens with one attached hydrogen (secondary N) is 1. The fourth-order valence-electron chi connectivity index (χ4n) is 3.29. The molecule has 1 heterocycles. The van der Waals surface area contributed by atoms with E-state index in [1.807, 2.05) is 60.8 Å². The first kappa shape index (κ1) is 16.3. The molecular formula is C23H21N3. The monoisotopic (exact) mass is 339 g/mol. The summed E-state index contributed by atoms with van der Waals surface area (Å²) in [6.07, 6.45) is 2.53. The van der Waals surface area contributed by atoms with Crippen molar-refractivity contribution in [1.82, 2.24) is 9.97 Å². The maximum Gasteiger partial charge on any atom is 0.131 e. The minimum atomic E-state index is -0.727. The molecule has 4 aromatic rings. The van der Waals surface area contributed by atoms with Gasteiger partial charge in [0.25, 0.3) is 0 Å². The van der Waals surface area contributed by atoms with Gasteiger partial charge in [-0.2, -0.15) is 0 Å². The number of aromatic nitrogens is 2. The van der Waals surface area contributed by atoms with Gasteiger partial charge < -0.3 is 10.7 Å². The summed E-state index contributed by atoms with van der Waals surface area (Å²) < 4.78 is 0. The topological polar surface area (TPSA) is 54.7 Å². The van der Waals surface area contributed by atoms with Crippen molar-refractivity contribution in [3.63, 3.8) is 0 Å². The molecular weight excluding hydrogens is 318 g/mol.